The standard InChI is InChI=1S/C18H27ClO2/c1-3-21-18(10-6-4-5-7-11-18)17(20)13-15-9-8-14(2)12-16(15)19/h8-9,12,17,20H,3-7,10-11,13H2,1-2H3. The molecule has 0 amide bonds. The van der Waals surface area contributed by atoms with Gasteiger partial charge < -0.3 is 9.84 Å². The maximum absolute atomic E-state index is 10.8. The number of aryl methyl sites for hydroxylation is 1. The quantitative estimate of drug-likeness (QED) is 0.800. The van der Waals surface area contributed by atoms with Gasteiger partial charge >= 0.3 is 0 Å². The van der Waals surface area contributed by atoms with Crippen LogP contribution in [0, 0.1) is 6.92 Å². The Kier molecular flexibility index (Phi) is 6.09. The molecule has 0 heterocycles. The minimum absolute atomic E-state index is 0.389. The van der Waals surface area contributed by atoms with Crippen molar-refractivity contribution in [1.29, 1.82) is 0 Å². The summed E-state index contributed by atoms with van der Waals surface area (Å²) in [5.74, 6) is 0. The summed E-state index contributed by atoms with van der Waals surface area (Å²) in [6.45, 7) is 4.69. The number of aliphatic hydroxyl groups is 1. The molecule has 3 heteroatoms. The molecular weight excluding hydrogens is 284 g/mol. The van der Waals surface area contributed by atoms with Gasteiger partial charge in [0.15, 0.2) is 0 Å². The van der Waals surface area contributed by atoms with Crippen molar-refractivity contribution < 1.29 is 9.84 Å². The SMILES string of the molecule is CCOC1(C(O)Cc2ccc(C)cc2Cl)CCCCCC1. The van der Waals surface area contributed by atoms with Crippen LogP contribution in [0.3, 0.4) is 0 Å². The van der Waals surface area contributed by atoms with Gasteiger partial charge in [-0.15, -0.1) is 0 Å². The van der Waals surface area contributed by atoms with Crippen molar-refractivity contribution in [3.63, 3.8) is 0 Å². The third-order valence-electron chi connectivity index (χ3n) is 4.61. The van der Waals surface area contributed by atoms with Crippen molar-refractivity contribution >= 4 is 11.6 Å². The van der Waals surface area contributed by atoms with E-state index < -0.39 is 6.10 Å². The number of rotatable bonds is 5. The maximum atomic E-state index is 10.8. The molecule has 1 aromatic carbocycles. The first kappa shape index (κ1) is 16.8. The summed E-state index contributed by atoms with van der Waals surface area (Å²) < 4.78 is 6.05. The van der Waals surface area contributed by atoms with Gasteiger partial charge in [-0.25, -0.2) is 0 Å². The molecule has 118 valence electrons. The van der Waals surface area contributed by atoms with Crippen molar-refractivity contribution in [2.24, 2.45) is 0 Å². The van der Waals surface area contributed by atoms with Crippen LogP contribution in [-0.4, -0.2) is 23.4 Å². The predicted octanol–water partition coefficient (Wildman–Crippen LogP) is 4.68. The Morgan fingerprint density at radius 1 is 1.24 bits per heavy atom. The summed E-state index contributed by atoms with van der Waals surface area (Å²) in [6, 6.07) is 6.04. The number of benzene rings is 1. The van der Waals surface area contributed by atoms with Crippen molar-refractivity contribution in [3.05, 3.63) is 34.3 Å². The third kappa shape index (κ3) is 4.21. The average Bonchev–Trinajstić information content (AvgIpc) is 2.69. The largest absolute Gasteiger partial charge is 0.390 e. The lowest BCUT2D eigenvalue weighted by molar-refractivity contribution is -0.128. The molecule has 1 aliphatic carbocycles. The molecule has 1 atom stereocenters. The molecule has 1 N–H and O–H groups in total. The van der Waals surface area contributed by atoms with Crippen LogP contribution in [0.2, 0.25) is 5.02 Å². The maximum Gasteiger partial charge on any atom is 0.0943 e. The first-order valence-corrected chi connectivity index (χ1v) is 8.52. The summed E-state index contributed by atoms with van der Waals surface area (Å²) in [4.78, 5) is 0. The van der Waals surface area contributed by atoms with Gasteiger partial charge in [-0.05, 0) is 43.9 Å². The smallest absolute Gasteiger partial charge is 0.0943 e. The summed E-state index contributed by atoms with van der Waals surface area (Å²) in [5.41, 5.74) is 1.77. The molecule has 0 aromatic heterocycles. The lowest BCUT2D eigenvalue weighted by Crippen LogP contribution is -2.46. The van der Waals surface area contributed by atoms with Gasteiger partial charge in [0.25, 0.3) is 0 Å². The summed E-state index contributed by atoms with van der Waals surface area (Å²) in [7, 11) is 0. The van der Waals surface area contributed by atoms with Gasteiger partial charge in [0, 0.05) is 18.1 Å². The molecule has 1 saturated carbocycles. The average molecular weight is 311 g/mol. The Balaban J connectivity index is 2.15. The van der Waals surface area contributed by atoms with Crippen molar-refractivity contribution in [1.82, 2.24) is 0 Å². The fourth-order valence-corrected chi connectivity index (χ4v) is 3.71. The number of halogens is 1. The highest BCUT2D eigenvalue weighted by Crippen LogP contribution is 2.35. The topological polar surface area (TPSA) is 29.5 Å². The molecule has 1 fully saturated rings. The van der Waals surface area contributed by atoms with Gasteiger partial charge in [-0.1, -0.05) is 49.4 Å². The van der Waals surface area contributed by atoms with Crippen LogP contribution in [-0.2, 0) is 11.2 Å². The highest BCUT2D eigenvalue weighted by Gasteiger charge is 2.39. The zero-order valence-corrected chi connectivity index (χ0v) is 14.0. The molecule has 0 bridgehead atoms. The number of ether oxygens (including phenoxy) is 1. The van der Waals surface area contributed by atoms with Gasteiger partial charge in [0.05, 0.1) is 11.7 Å². The van der Waals surface area contributed by atoms with Gasteiger partial charge in [-0.3, -0.25) is 0 Å². The summed E-state index contributed by atoms with van der Waals surface area (Å²) >= 11 is 6.32. The van der Waals surface area contributed by atoms with Crippen molar-refractivity contribution in [3.8, 4) is 0 Å². The summed E-state index contributed by atoms with van der Waals surface area (Å²) in [5, 5.41) is 11.6. The third-order valence-corrected chi connectivity index (χ3v) is 4.96. The molecule has 2 rings (SSSR count). The molecule has 0 radical (unpaired) electrons. The van der Waals surface area contributed by atoms with Gasteiger partial charge in [-0.2, -0.15) is 0 Å². The van der Waals surface area contributed by atoms with E-state index in [2.05, 4.69) is 0 Å². The molecule has 1 aliphatic rings. The van der Waals surface area contributed by atoms with Crippen LogP contribution >= 0.6 is 11.6 Å². The lowest BCUT2D eigenvalue weighted by atomic mass is 9.84. The van der Waals surface area contributed by atoms with Crippen LogP contribution in [0.1, 0.15) is 56.6 Å². The molecule has 1 aromatic rings. The van der Waals surface area contributed by atoms with Crippen LogP contribution < -0.4 is 0 Å². The van der Waals surface area contributed by atoms with E-state index in [9.17, 15) is 5.11 Å². The van der Waals surface area contributed by atoms with E-state index in [1.165, 1.54) is 12.8 Å². The highest BCUT2D eigenvalue weighted by molar-refractivity contribution is 6.31. The van der Waals surface area contributed by atoms with E-state index in [0.717, 1.165) is 41.8 Å². The fraction of sp³-hybridized carbons (Fsp3) is 0.667. The minimum Gasteiger partial charge on any atom is -0.390 e. The Bertz CT molecular complexity index is 451. The normalized spacial score (nSPS) is 20.0. The molecular formula is C18H27ClO2. The van der Waals surface area contributed by atoms with Crippen LogP contribution in [0.5, 0.6) is 0 Å². The van der Waals surface area contributed by atoms with E-state index in [0.29, 0.717) is 13.0 Å². The Morgan fingerprint density at radius 2 is 1.90 bits per heavy atom. The van der Waals surface area contributed by atoms with E-state index in [4.69, 9.17) is 16.3 Å². The number of hydrogen-bond acceptors (Lipinski definition) is 2. The van der Waals surface area contributed by atoms with E-state index in [1.807, 2.05) is 32.0 Å². The van der Waals surface area contributed by atoms with Gasteiger partial charge in [0.1, 0.15) is 0 Å². The predicted molar refractivity (Wildman–Crippen MR) is 88.0 cm³/mol. The molecule has 1 unspecified atom stereocenters. The Labute approximate surface area is 133 Å². The molecule has 21 heavy (non-hydrogen) atoms. The second kappa shape index (κ2) is 7.62. The van der Waals surface area contributed by atoms with Crippen LogP contribution in [0.4, 0.5) is 0 Å². The van der Waals surface area contributed by atoms with Crippen molar-refractivity contribution in [2.75, 3.05) is 6.61 Å². The lowest BCUT2D eigenvalue weighted by Gasteiger charge is -2.37. The zero-order valence-electron chi connectivity index (χ0n) is 13.2. The first-order chi connectivity index (χ1) is 10.1. The Morgan fingerprint density at radius 3 is 2.48 bits per heavy atom. The monoisotopic (exact) mass is 310 g/mol. The number of aliphatic hydroxyl groups excluding tert-OH is 1. The molecule has 0 saturated heterocycles. The fourth-order valence-electron chi connectivity index (χ4n) is 3.40. The molecule has 2 nitrogen and oxygen atoms in total. The molecule has 0 aliphatic heterocycles. The van der Waals surface area contributed by atoms with Crippen LogP contribution in [0.15, 0.2) is 18.2 Å². The van der Waals surface area contributed by atoms with Crippen molar-refractivity contribution in [2.45, 2.75) is 70.5 Å². The van der Waals surface area contributed by atoms with E-state index in [1.54, 1.807) is 0 Å². The van der Waals surface area contributed by atoms with Gasteiger partial charge in [0.2, 0.25) is 0 Å². The zero-order chi connectivity index (χ0) is 15.3. The minimum atomic E-state index is -0.490. The highest BCUT2D eigenvalue weighted by atomic mass is 35.5. The second-order valence-electron chi connectivity index (χ2n) is 6.23. The molecule has 0 spiro atoms. The summed E-state index contributed by atoms with van der Waals surface area (Å²) in [6.07, 6.45) is 6.74. The first-order valence-electron chi connectivity index (χ1n) is 8.14. The van der Waals surface area contributed by atoms with E-state index in [-0.39, 0.29) is 5.60 Å². The van der Waals surface area contributed by atoms with E-state index >= 15 is 0 Å². The second-order valence-corrected chi connectivity index (χ2v) is 6.63. The number of hydrogen-bond donors (Lipinski definition) is 1. The Hall–Kier alpha value is -0.570. The van der Waals surface area contributed by atoms with Crippen LogP contribution in [0.25, 0.3) is 0 Å².